The Balaban J connectivity index is 2.42. The van der Waals surface area contributed by atoms with Crippen LogP contribution in [-0.2, 0) is 0 Å². The molecule has 18 heavy (non-hydrogen) atoms. The Morgan fingerprint density at radius 2 is 1.89 bits per heavy atom. The molecule has 0 aromatic heterocycles. The second-order valence-corrected chi connectivity index (χ2v) is 4.81. The van der Waals surface area contributed by atoms with E-state index in [1.165, 1.54) is 0 Å². The molecule has 0 aliphatic rings. The predicted molar refractivity (Wildman–Crippen MR) is 75.6 cm³/mol. The van der Waals surface area contributed by atoms with Gasteiger partial charge in [-0.25, -0.2) is 4.79 Å². The van der Waals surface area contributed by atoms with E-state index in [-0.39, 0.29) is 5.56 Å². The monoisotopic (exact) mass is 305 g/mol. The molecule has 2 rings (SSSR count). The van der Waals surface area contributed by atoms with E-state index in [0.29, 0.717) is 5.69 Å². The summed E-state index contributed by atoms with van der Waals surface area (Å²) in [5.74, 6) is -0.940. The van der Waals surface area contributed by atoms with E-state index >= 15 is 0 Å². The first kappa shape index (κ1) is 12.6. The molecule has 0 atom stereocenters. The maximum atomic E-state index is 11.2. The lowest BCUT2D eigenvalue weighted by atomic mass is 10.1. The minimum Gasteiger partial charge on any atom is -0.478 e. The Morgan fingerprint density at radius 3 is 2.56 bits per heavy atom. The summed E-state index contributed by atoms with van der Waals surface area (Å²) in [4.78, 5) is 11.2. The molecule has 0 fully saturated rings. The summed E-state index contributed by atoms with van der Waals surface area (Å²) in [6.07, 6.45) is 0. The van der Waals surface area contributed by atoms with Gasteiger partial charge in [0.25, 0.3) is 0 Å². The van der Waals surface area contributed by atoms with E-state index in [1.54, 1.807) is 12.1 Å². The lowest BCUT2D eigenvalue weighted by molar-refractivity contribution is 0.0698. The van der Waals surface area contributed by atoms with Gasteiger partial charge in [0, 0.05) is 4.47 Å². The predicted octanol–water partition coefficient (Wildman–Crippen LogP) is 4.20. The van der Waals surface area contributed by atoms with E-state index in [9.17, 15) is 4.79 Å². The zero-order chi connectivity index (χ0) is 13.1. The molecule has 0 amide bonds. The van der Waals surface area contributed by atoms with Crippen molar-refractivity contribution >= 4 is 33.3 Å². The second kappa shape index (κ2) is 5.23. The maximum absolute atomic E-state index is 11.2. The second-order valence-electron chi connectivity index (χ2n) is 3.96. The Bertz CT molecular complexity index is 596. The van der Waals surface area contributed by atoms with Crippen LogP contribution in [0.15, 0.2) is 46.9 Å². The molecule has 3 nitrogen and oxygen atoms in total. The number of aryl methyl sites for hydroxylation is 1. The molecule has 0 heterocycles. The van der Waals surface area contributed by atoms with Gasteiger partial charge in [-0.15, -0.1) is 0 Å². The first-order chi connectivity index (χ1) is 8.58. The van der Waals surface area contributed by atoms with Crippen LogP contribution in [0, 0.1) is 6.92 Å². The van der Waals surface area contributed by atoms with Crippen LogP contribution in [-0.4, -0.2) is 11.1 Å². The van der Waals surface area contributed by atoms with Gasteiger partial charge >= 0.3 is 5.97 Å². The van der Waals surface area contributed by atoms with Crippen molar-refractivity contribution in [3.05, 3.63) is 58.1 Å². The number of para-hydroxylation sites is 1. The maximum Gasteiger partial charge on any atom is 0.337 e. The minimum atomic E-state index is -0.940. The summed E-state index contributed by atoms with van der Waals surface area (Å²) in [6.45, 7) is 1.93. The number of carboxylic acid groups (broad SMARTS) is 1. The van der Waals surface area contributed by atoms with E-state index in [4.69, 9.17) is 5.11 Å². The molecule has 2 aromatic rings. The highest BCUT2D eigenvalue weighted by atomic mass is 79.9. The van der Waals surface area contributed by atoms with E-state index in [1.807, 2.05) is 37.3 Å². The Kier molecular flexibility index (Phi) is 3.67. The molecule has 0 saturated heterocycles. The topological polar surface area (TPSA) is 49.3 Å². The van der Waals surface area contributed by atoms with E-state index < -0.39 is 5.97 Å². The third kappa shape index (κ3) is 2.71. The molecule has 0 unspecified atom stereocenters. The van der Waals surface area contributed by atoms with Gasteiger partial charge in [-0.3, -0.25) is 0 Å². The van der Waals surface area contributed by atoms with E-state index in [0.717, 1.165) is 15.7 Å². The number of aromatic carboxylic acids is 1. The van der Waals surface area contributed by atoms with Gasteiger partial charge in [0.05, 0.1) is 16.9 Å². The van der Waals surface area contributed by atoms with Crippen molar-refractivity contribution < 1.29 is 9.90 Å². The standard InChI is InChI=1S/C14H12BrNO2/c1-9-6-7-10(14(17)18)13(8-9)16-12-5-3-2-4-11(12)15/h2-8,16H,1H3,(H,17,18). The first-order valence-electron chi connectivity index (χ1n) is 5.43. The summed E-state index contributed by atoms with van der Waals surface area (Å²) in [6, 6.07) is 12.8. The average molecular weight is 306 g/mol. The van der Waals surface area contributed by atoms with Crippen LogP contribution in [0.4, 0.5) is 11.4 Å². The zero-order valence-electron chi connectivity index (χ0n) is 9.77. The quantitative estimate of drug-likeness (QED) is 0.893. The molecule has 0 radical (unpaired) electrons. The first-order valence-corrected chi connectivity index (χ1v) is 6.23. The Hall–Kier alpha value is -1.81. The van der Waals surface area contributed by atoms with Gasteiger partial charge in [0.15, 0.2) is 0 Å². The largest absolute Gasteiger partial charge is 0.478 e. The van der Waals surface area contributed by atoms with Crippen molar-refractivity contribution in [1.82, 2.24) is 0 Å². The lowest BCUT2D eigenvalue weighted by Gasteiger charge is -2.11. The SMILES string of the molecule is Cc1ccc(C(=O)O)c(Nc2ccccc2Br)c1. The summed E-state index contributed by atoms with van der Waals surface area (Å²) >= 11 is 3.42. The molecule has 2 N–H and O–H groups in total. The molecule has 0 spiro atoms. The number of nitrogens with one attached hydrogen (secondary N) is 1. The highest BCUT2D eigenvalue weighted by Gasteiger charge is 2.10. The van der Waals surface area contributed by atoms with Gasteiger partial charge in [-0.1, -0.05) is 18.2 Å². The van der Waals surface area contributed by atoms with Gasteiger partial charge in [0.2, 0.25) is 0 Å². The third-order valence-electron chi connectivity index (χ3n) is 2.55. The van der Waals surface area contributed by atoms with Crippen molar-refractivity contribution in [2.45, 2.75) is 6.92 Å². The summed E-state index contributed by atoms with van der Waals surface area (Å²) in [5.41, 5.74) is 2.70. The molecular formula is C14H12BrNO2. The number of rotatable bonds is 3. The van der Waals surface area contributed by atoms with Crippen molar-refractivity contribution in [2.24, 2.45) is 0 Å². The van der Waals surface area contributed by atoms with Gasteiger partial charge in [-0.05, 0) is 52.7 Å². The number of carbonyl (C=O) groups is 1. The molecule has 2 aromatic carbocycles. The fourth-order valence-electron chi connectivity index (χ4n) is 1.66. The number of hydrogen-bond donors (Lipinski definition) is 2. The van der Waals surface area contributed by atoms with Gasteiger partial charge in [0.1, 0.15) is 0 Å². The normalized spacial score (nSPS) is 10.1. The van der Waals surface area contributed by atoms with Crippen LogP contribution >= 0.6 is 15.9 Å². The average Bonchev–Trinajstić information content (AvgIpc) is 2.32. The number of anilines is 2. The summed E-state index contributed by atoms with van der Waals surface area (Å²) in [5, 5.41) is 12.3. The molecule has 4 heteroatoms. The van der Waals surface area contributed by atoms with Crippen LogP contribution in [0.3, 0.4) is 0 Å². The van der Waals surface area contributed by atoms with Crippen molar-refractivity contribution in [3.8, 4) is 0 Å². The van der Waals surface area contributed by atoms with E-state index in [2.05, 4.69) is 21.2 Å². The number of hydrogen-bond acceptors (Lipinski definition) is 2. The number of benzene rings is 2. The van der Waals surface area contributed by atoms with Gasteiger partial charge in [-0.2, -0.15) is 0 Å². The number of halogens is 1. The van der Waals surface area contributed by atoms with Crippen LogP contribution < -0.4 is 5.32 Å². The fraction of sp³-hybridized carbons (Fsp3) is 0.0714. The zero-order valence-corrected chi connectivity index (χ0v) is 11.4. The smallest absolute Gasteiger partial charge is 0.337 e. The molecule has 0 aliphatic heterocycles. The van der Waals surface area contributed by atoms with Crippen LogP contribution in [0.25, 0.3) is 0 Å². The molecule has 0 bridgehead atoms. The van der Waals surface area contributed by atoms with Crippen molar-refractivity contribution in [3.63, 3.8) is 0 Å². The van der Waals surface area contributed by atoms with Crippen molar-refractivity contribution in [1.29, 1.82) is 0 Å². The molecular weight excluding hydrogens is 294 g/mol. The minimum absolute atomic E-state index is 0.261. The molecule has 92 valence electrons. The number of carboxylic acids is 1. The van der Waals surface area contributed by atoms with Crippen LogP contribution in [0.2, 0.25) is 0 Å². The third-order valence-corrected chi connectivity index (χ3v) is 3.24. The van der Waals surface area contributed by atoms with Crippen molar-refractivity contribution in [2.75, 3.05) is 5.32 Å². The molecule has 0 aliphatic carbocycles. The summed E-state index contributed by atoms with van der Waals surface area (Å²) < 4.78 is 0.892. The highest BCUT2D eigenvalue weighted by Crippen LogP contribution is 2.27. The Morgan fingerprint density at radius 1 is 1.17 bits per heavy atom. The lowest BCUT2D eigenvalue weighted by Crippen LogP contribution is -2.03. The van der Waals surface area contributed by atoms with Crippen LogP contribution in [0.1, 0.15) is 15.9 Å². The summed E-state index contributed by atoms with van der Waals surface area (Å²) in [7, 11) is 0. The van der Waals surface area contributed by atoms with Crippen LogP contribution in [0.5, 0.6) is 0 Å². The molecule has 0 saturated carbocycles. The Labute approximate surface area is 114 Å². The fourth-order valence-corrected chi connectivity index (χ4v) is 2.04. The van der Waals surface area contributed by atoms with Gasteiger partial charge < -0.3 is 10.4 Å². The highest BCUT2D eigenvalue weighted by molar-refractivity contribution is 9.10.